The van der Waals surface area contributed by atoms with Gasteiger partial charge in [0.25, 0.3) is 0 Å². The van der Waals surface area contributed by atoms with Crippen molar-refractivity contribution in [2.24, 2.45) is 0 Å². The average Bonchev–Trinajstić information content (AvgIpc) is 2.01. The predicted octanol–water partition coefficient (Wildman–Crippen LogP) is 2.35. The SMILES string of the molecule is C=CNC(C)(C)C(=C)N(C)C(C)C. The Kier molecular flexibility index (Phi) is 4.05. The molecule has 76 valence electrons. The molecule has 0 aromatic carbocycles. The highest BCUT2D eigenvalue weighted by Gasteiger charge is 2.23. The average molecular weight is 182 g/mol. The smallest absolute Gasteiger partial charge is 0.0704 e. The maximum absolute atomic E-state index is 4.08. The summed E-state index contributed by atoms with van der Waals surface area (Å²) in [5, 5.41) is 3.18. The number of hydrogen-bond acceptors (Lipinski definition) is 2. The Bertz CT molecular complexity index is 192. The molecule has 0 saturated heterocycles. The van der Waals surface area contributed by atoms with Gasteiger partial charge in [0, 0.05) is 18.8 Å². The van der Waals surface area contributed by atoms with Crippen LogP contribution in [0.2, 0.25) is 0 Å². The Morgan fingerprint density at radius 3 is 2.23 bits per heavy atom. The molecule has 2 nitrogen and oxygen atoms in total. The van der Waals surface area contributed by atoms with Crippen LogP contribution in [-0.4, -0.2) is 23.5 Å². The van der Waals surface area contributed by atoms with Crippen LogP contribution in [0.4, 0.5) is 0 Å². The molecule has 2 heteroatoms. The van der Waals surface area contributed by atoms with E-state index in [4.69, 9.17) is 0 Å². The summed E-state index contributed by atoms with van der Waals surface area (Å²) >= 11 is 0. The fourth-order valence-electron chi connectivity index (χ4n) is 1.09. The molecular formula is C11H22N2. The summed E-state index contributed by atoms with van der Waals surface area (Å²) in [6, 6.07) is 0.471. The first-order chi connectivity index (χ1) is 5.83. The van der Waals surface area contributed by atoms with Gasteiger partial charge in [0.15, 0.2) is 0 Å². The predicted molar refractivity (Wildman–Crippen MR) is 59.5 cm³/mol. The van der Waals surface area contributed by atoms with E-state index in [1.807, 2.05) is 0 Å². The zero-order chi connectivity index (χ0) is 10.6. The largest absolute Gasteiger partial charge is 0.381 e. The molecule has 13 heavy (non-hydrogen) atoms. The van der Waals surface area contributed by atoms with Crippen LogP contribution in [0.15, 0.2) is 25.1 Å². The lowest BCUT2D eigenvalue weighted by Crippen LogP contribution is -2.44. The second-order valence-electron chi connectivity index (χ2n) is 4.12. The van der Waals surface area contributed by atoms with E-state index in [0.717, 1.165) is 5.70 Å². The third-order valence-corrected chi connectivity index (χ3v) is 2.38. The van der Waals surface area contributed by atoms with Gasteiger partial charge in [0.2, 0.25) is 0 Å². The first-order valence-corrected chi connectivity index (χ1v) is 4.63. The lowest BCUT2D eigenvalue weighted by atomic mass is 10.00. The fraction of sp³-hybridized carbons (Fsp3) is 0.636. The number of nitrogens with zero attached hydrogens (tertiary/aromatic N) is 1. The van der Waals surface area contributed by atoms with Gasteiger partial charge in [-0.05, 0) is 33.9 Å². The second kappa shape index (κ2) is 4.35. The maximum atomic E-state index is 4.08. The van der Waals surface area contributed by atoms with Crippen molar-refractivity contribution in [1.29, 1.82) is 0 Å². The molecule has 0 amide bonds. The van der Waals surface area contributed by atoms with Crippen molar-refractivity contribution in [2.45, 2.75) is 39.3 Å². The highest BCUT2D eigenvalue weighted by Crippen LogP contribution is 2.18. The summed E-state index contributed by atoms with van der Waals surface area (Å²) in [5.41, 5.74) is 0.947. The van der Waals surface area contributed by atoms with Crippen molar-refractivity contribution in [2.75, 3.05) is 7.05 Å². The zero-order valence-electron chi connectivity index (χ0n) is 9.52. The molecule has 0 aliphatic carbocycles. The Balaban J connectivity index is 4.48. The molecule has 1 N–H and O–H groups in total. The first-order valence-electron chi connectivity index (χ1n) is 4.63. The topological polar surface area (TPSA) is 15.3 Å². The summed E-state index contributed by atoms with van der Waals surface area (Å²) in [5.74, 6) is 0. The van der Waals surface area contributed by atoms with Crippen LogP contribution < -0.4 is 5.32 Å². The summed E-state index contributed by atoms with van der Waals surface area (Å²) < 4.78 is 0. The lowest BCUT2D eigenvalue weighted by molar-refractivity contribution is 0.283. The lowest BCUT2D eigenvalue weighted by Gasteiger charge is -2.36. The van der Waals surface area contributed by atoms with Crippen molar-refractivity contribution in [3.05, 3.63) is 25.1 Å². The highest BCUT2D eigenvalue weighted by molar-refractivity contribution is 5.13. The van der Waals surface area contributed by atoms with Crippen LogP contribution >= 0.6 is 0 Å². The molecule has 0 atom stereocenters. The third kappa shape index (κ3) is 3.13. The minimum Gasteiger partial charge on any atom is -0.381 e. The van der Waals surface area contributed by atoms with Gasteiger partial charge in [-0.3, -0.25) is 0 Å². The van der Waals surface area contributed by atoms with E-state index in [-0.39, 0.29) is 5.54 Å². The monoisotopic (exact) mass is 182 g/mol. The Hall–Kier alpha value is -0.920. The van der Waals surface area contributed by atoms with E-state index in [1.165, 1.54) is 0 Å². The first kappa shape index (κ1) is 12.1. The van der Waals surface area contributed by atoms with Crippen molar-refractivity contribution in [3.8, 4) is 0 Å². The fourth-order valence-corrected chi connectivity index (χ4v) is 1.09. The van der Waals surface area contributed by atoms with Crippen LogP contribution in [-0.2, 0) is 0 Å². The van der Waals surface area contributed by atoms with Crippen LogP contribution in [0.1, 0.15) is 27.7 Å². The van der Waals surface area contributed by atoms with Crippen molar-refractivity contribution < 1.29 is 0 Å². The summed E-state index contributed by atoms with van der Waals surface area (Å²) in [7, 11) is 2.06. The quantitative estimate of drug-likeness (QED) is 0.702. The van der Waals surface area contributed by atoms with E-state index in [2.05, 4.69) is 58.1 Å². The van der Waals surface area contributed by atoms with Crippen LogP contribution in [0, 0.1) is 0 Å². The number of nitrogens with one attached hydrogen (secondary N) is 1. The molecular weight excluding hydrogens is 160 g/mol. The molecule has 0 radical (unpaired) electrons. The maximum Gasteiger partial charge on any atom is 0.0704 e. The van der Waals surface area contributed by atoms with Gasteiger partial charge in [-0.25, -0.2) is 0 Å². The van der Waals surface area contributed by atoms with Gasteiger partial charge in [-0.1, -0.05) is 13.2 Å². The molecule has 0 aromatic rings. The Morgan fingerprint density at radius 1 is 1.46 bits per heavy atom. The molecule has 0 aliphatic heterocycles. The van der Waals surface area contributed by atoms with Crippen molar-refractivity contribution in [3.63, 3.8) is 0 Å². The number of rotatable bonds is 5. The molecule has 0 unspecified atom stereocenters. The van der Waals surface area contributed by atoms with Crippen molar-refractivity contribution in [1.82, 2.24) is 10.2 Å². The normalized spacial score (nSPS) is 11.2. The van der Waals surface area contributed by atoms with E-state index < -0.39 is 0 Å². The van der Waals surface area contributed by atoms with E-state index >= 15 is 0 Å². The molecule has 0 saturated carbocycles. The van der Waals surface area contributed by atoms with Gasteiger partial charge in [0.1, 0.15) is 0 Å². The Labute approximate surface area is 82.3 Å². The zero-order valence-corrected chi connectivity index (χ0v) is 9.52. The molecule has 0 aliphatic rings. The van der Waals surface area contributed by atoms with Gasteiger partial charge < -0.3 is 10.2 Å². The summed E-state index contributed by atoms with van der Waals surface area (Å²) in [4.78, 5) is 2.16. The van der Waals surface area contributed by atoms with E-state index in [1.54, 1.807) is 6.20 Å². The van der Waals surface area contributed by atoms with Crippen molar-refractivity contribution >= 4 is 0 Å². The number of likely N-dealkylation sites (N-methyl/N-ethyl adjacent to an activating group) is 1. The standard InChI is InChI=1S/C11H22N2/c1-8-12-11(5,6)10(4)13(7)9(2)3/h8-9,12H,1,4H2,2-3,5-7H3. The highest BCUT2D eigenvalue weighted by atomic mass is 15.2. The van der Waals surface area contributed by atoms with Gasteiger partial charge in [0.05, 0.1) is 5.54 Å². The number of hydrogen-bond donors (Lipinski definition) is 1. The van der Waals surface area contributed by atoms with Gasteiger partial charge in [-0.2, -0.15) is 0 Å². The summed E-state index contributed by atoms with van der Waals surface area (Å²) in [6.45, 7) is 16.2. The minimum absolute atomic E-state index is 0.124. The van der Waals surface area contributed by atoms with Gasteiger partial charge >= 0.3 is 0 Å². The summed E-state index contributed by atoms with van der Waals surface area (Å²) in [6.07, 6.45) is 1.71. The molecule has 0 spiro atoms. The van der Waals surface area contributed by atoms with Crippen LogP contribution in [0.3, 0.4) is 0 Å². The van der Waals surface area contributed by atoms with Crippen LogP contribution in [0.25, 0.3) is 0 Å². The third-order valence-electron chi connectivity index (χ3n) is 2.38. The van der Waals surface area contributed by atoms with E-state index in [9.17, 15) is 0 Å². The van der Waals surface area contributed by atoms with Crippen LogP contribution in [0.5, 0.6) is 0 Å². The molecule has 0 aromatic heterocycles. The van der Waals surface area contributed by atoms with Gasteiger partial charge in [-0.15, -0.1) is 0 Å². The molecule has 0 bridgehead atoms. The van der Waals surface area contributed by atoms with E-state index in [0.29, 0.717) is 6.04 Å². The molecule has 0 rings (SSSR count). The molecule has 0 fully saturated rings. The minimum atomic E-state index is -0.124. The molecule has 0 heterocycles. The second-order valence-corrected chi connectivity index (χ2v) is 4.12. The Morgan fingerprint density at radius 2 is 1.92 bits per heavy atom.